The van der Waals surface area contributed by atoms with Gasteiger partial charge in [-0.05, 0) is 17.0 Å². The number of nitrogens with one attached hydrogen (secondary N) is 1. The van der Waals surface area contributed by atoms with Gasteiger partial charge in [0.25, 0.3) is 0 Å². The minimum absolute atomic E-state index is 0.164. The van der Waals surface area contributed by atoms with Crippen molar-refractivity contribution in [1.82, 2.24) is 0 Å². The van der Waals surface area contributed by atoms with Gasteiger partial charge in [0.2, 0.25) is 6.29 Å². The van der Waals surface area contributed by atoms with Crippen LogP contribution in [0.3, 0.4) is 0 Å². The van der Waals surface area contributed by atoms with Crippen LogP contribution in [0.2, 0.25) is 0 Å². The smallest absolute Gasteiger partial charge is 0.411 e. The van der Waals surface area contributed by atoms with Gasteiger partial charge < -0.3 is 4.74 Å². The topological polar surface area (TPSA) is 55.4 Å². The Morgan fingerprint density at radius 1 is 0.957 bits per heavy atom. The lowest BCUT2D eigenvalue weighted by molar-refractivity contribution is 0.155. The molecule has 4 nitrogen and oxygen atoms in total. The molecule has 0 aliphatic rings. The summed E-state index contributed by atoms with van der Waals surface area (Å²) in [5.41, 5.74) is 1.60. The van der Waals surface area contributed by atoms with E-state index in [0.717, 1.165) is 16.3 Å². The summed E-state index contributed by atoms with van der Waals surface area (Å²) < 4.78 is 5.20. The fraction of sp³-hybridized carbons (Fsp3) is 0.0526. The Morgan fingerprint density at radius 3 is 2.48 bits per heavy atom. The molecule has 3 aromatic rings. The van der Waals surface area contributed by atoms with Gasteiger partial charge in [-0.3, -0.25) is 10.1 Å². The third-order valence-corrected chi connectivity index (χ3v) is 3.48. The number of benzene rings is 3. The average Bonchev–Trinajstić information content (AvgIpc) is 2.61. The molecule has 0 aliphatic heterocycles. The van der Waals surface area contributed by atoms with E-state index in [9.17, 15) is 9.59 Å². The molecule has 4 heteroatoms. The number of hydrogen-bond acceptors (Lipinski definition) is 3. The molecule has 3 rings (SSSR count). The fourth-order valence-corrected chi connectivity index (χ4v) is 2.35. The zero-order valence-electron chi connectivity index (χ0n) is 12.3. The van der Waals surface area contributed by atoms with Crippen molar-refractivity contribution >= 4 is 28.8 Å². The van der Waals surface area contributed by atoms with Crippen LogP contribution >= 0.6 is 0 Å². The molecule has 1 amide bonds. The molecular formula is C19H14NO3. The molecule has 1 radical (unpaired) electrons. The van der Waals surface area contributed by atoms with Crippen LogP contribution in [0.15, 0.2) is 66.7 Å². The highest BCUT2D eigenvalue weighted by molar-refractivity contribution is 6.06. The fourth-order valence-electron chi connectivity index (χ4n) is 2.35. The second-order valence-corrected chi connectivity index (χ2v) is 5.00. The van der Waals surface area contributed by atoms with Gasteiger partial charge in [-0.25, -0.2) is 4.79 Å². The molecule has 0 fully saturated rings. The van der Waals surface area contributed by atoms with Crippen LogP contribution in [-0.2, 0) is 16.1 Å². The van der Waals surface area contributed by atoms with Crippen molar-refractivity contribution in [1.29, 1.82) is 0 Å². The second kappa shape index (κ2) is 6.75. The zero-order chi connectivity index (χ0) is 16.1. The Hall–Kier alpha value is -3.14. The third-order valence-electron chi connectivity index (χ3n) is 3.48. The van der Waals surface area contributed by atoms with Crippen LogP contribution in [0.5, 0.6) is 0 Å². The van der Waals surface area contributed by atoms with Crippen molar-refractivity contribution in [2.75, 3.05) is 5.32 Å². The van der Waals surface area contributed by atoms with Crippen LogP contribution in [0.4, 0.5) is 10.5 Å². The SMILES string of the molecule is O=[C]c1ccc2ccccc2c1NC(=O)OCc1ccccc1. The Labute approximate surface area is 133 Å². The molecule has 113 valence electrons. The van der Waals surface area contributed by atoms with Crippen molar-refractivity contribution in [3.05, 3.63) is 77.9 Å². The summed E-state index contributed by atoms with van der Waals surface area (Å²) in [4.78, 5) is 23.1. The quantitative estimate of drug-likeness (QED) is 0.791. The Bertz CT molecular complexity index is 844. The average molecular weight is 304 g/mol. The largest absolute Gasteiger partial charge is 0.444 e. The monoisotopic (exact) mass is 304 g/mol. The van der Waals surface area contributed by atoms with Crippen LogP contribution in [0, 0.1) is 0 Å². The van der Waals surface area contributed by atoms with Gasteiger partial charge in [-0.1, -0.05) is 60.7 Å². The Morgan fingerprint density at radius 2 is 1.70 bits per heavy atom. The van der Waals surface area contributed by atoms with Crippen LogP contribution in [0.1, 0.15) is 11.1 Å². The van der Waals surface area contributed by atoms with Crippen LogP contribution < -0.4 is 5.32 Å². The number of hydrogen-bond donors (Lipinski definition) is 1. The van der Waals surface area contributed by atoms with E-state index in [4.69, 9.17) is 4.74 Å². The van der Waals surface area contributed by atoms with E-state index in [1.54, 1.807) is 6.07 Å². The Kier molecular flexibility index (Phi) is 4.34. The number of rotatable bonds is 4. The number of anilines is 1. The van der Waals surface area contributed by atoms with Gasteiger partial charge >= 0.3 is 6.09 Å². The maximum absolute atomic E-state index is 12.0. The summed E-state index contributed by atoms with van der Waals surface area (Å²) in [6, 6.07) is 20.3. The first-order valence-corrected chi connectivity index (χ1v) is 7.15. The van der Waals surface area contributed by atoms with Gasteiger partial charge in [0, 0.05) is 5.39 Å². The molecular weight excluding hydrogens is 290 g/mol. The summed E-state index contributed by atoms with van der Waals surface area (Å²) in [7, 11) is 0. The molecule has 0 bridgehead atoms. The summed E-state index contributed by atoms with van der Waals surface area (Å²) in [5.74, 6) is 0. The molecule has 0 aliphatic carbocycles. The maximum Gasteiger partial charge on any atom is 0.411 e. The van der Waals surface area contributed by atoms with E-state index < -0.39 is 6.09 Å². The molecule has 0 saturated carbocycles. The Balaban J connectivity index is 1.80. The molecule has 0 heterocycles. The predicted octanol–water partition coefficient (Wildman–Crippen LogP) is 4.05. The van der Waals surface area contributed by atoms with Crippen molar-refractivity contribution in [2.24, 2.45) is 0 Å². The van der Waals surface area contributed by atoms with Crippen molar-refractivity contribution < 1.29 is 14.3 Å². The third kappa shape index (κ3) is 3.37. The predicted molar refractivity (Wildman–Crippen MR) is 89.0 cm³/mol. The molecule has 0 aromatic heterocycles. The van der Waals surface area contributed by atoms with E-state index in [-0.39, 0.29) is 6.61 Å². The molecule has 0 atom stereocenters. The van der Waals surface area contributed by atoms with E-state index in [0.29, 0.717) is 11.3 Å². The highest BCUT2D eigenvalue weighted by atomic mass is 16.5. The lowest BCUT2D eigenvalue weighted by atomic mass is 10.0. The lowest BCUT2D eigenvalue weighted by Crippen LogP contribution is -2.15. The van der Waals surface area contributed by atoms with Crippen molar-refractivity contribution in [2.45, 2.75) is 6.61 Å². The first kappa shape index (κ1) is 14.8. The van der Waals surface area contributed by atoms with Gasteiger partial charge in [0.1, 0.15) is 6.61 Å². The molecule has 0 spiro atoms. The minimum Gasteiger partial charge on any atom is -0.444 e. The lowest BCUT2D eigenvalue weighted by Gasteiger charge is -2.11. The van der Waals surface area contributed by atoms with Crippen molar-refractivity contribution in [3.63, 3.8) is 0 Å². The maximum atomic E-state index is 12.0. The second-order valence-electron chi connectivity index (χ2n) is 5.00. The number of amides is 1. The highest BCUT2D eigenvalue weighted by Gasteiger charge is 2.12. The van der Waals surface area contributed by atoms with E-state index in [2.05, 4.69) is 5.32 Å². The number of ether oxygens (including phenoxy) is 1. The number of fused-ring (bicyclic) bond motifs is 1. The molecule has 0 unspecified atom stereocenters. The highest BCUT2D eigenvalue weighted by Crippen LogP contribution is 2.26. The summed E-state index contributed by atoms with van der Waals surface area (Å²) in [6.45, 7) is 0.164. The molecule has 23 heavy (non-hydrogen) atoms. The number of carbonyl (C=O) groups is 1. The molecule has 0 saturated heterocycles. The van der Waals surface area contributed by atoms with E-state index in [1.807, 2.05) is 66.9 Å². The number of carbonyl (C=O) groups excluding carboxylic acids is 2. The van der Waals surface area contributed by atoms with Gasteiger partial charge in [-0.15, -0.1) is 0 Å². The minimum atomic E-state index is -0.610. The first-order valence-electron chi connectivity index (χ1n) is 7.15. The van der Waals surface area contributed by atoms with Gasteiger partial charge in [0.05, 0.1) is 11.3 Å². The first-order chi connectivity index (χ1) is 11.3. The summed E-state index contributed by atoms with van der Waals surface area (Å²) >= 11 is 0. The molecule has 1 N–H and O–H groups in total. The van der Waals surface area contributed by atoms with Crippen LogP contribution in [0.25, 0.3) is 10.8 Å². The zero-order valence-corrected chi connectivity index (χ0v) is 12.3. The van der Waals surface area contributed by atoms with Gasteiger partial charge in [0.15, 0.2) is 0 Å². The summed E-state index contributed by atoms with van der Waals surface area (Å²) in [5, 5.41) is 4.34. The van der Waals surface area contributed by atoms with Crippen molar-refractivity contribution in [3.8, 4) is 0 Å². The molecule has 3 aromatic carbocycles. The normalized spacial score (nSPS) is 10.3. The van der Waals surface area contributed by atoms with Gasteiger partial charge in [-0.2, -0.15) is 0 Å². The standard InChI is InChI=1S/C19H14NO3/c21-12-16-11-10-15-8-4-5-9-17(15)18(16)20-19(22)23-13-14-6-2-1-3-7-14/h1-11H,13H2,(H,20,22). The van der Waals surface area contributed by atoms with E-state index >= 15 is 0 Å². The van der Waals surface area contributed by atoms with E-state index in [1.165, 1.54) is 0 Å². The summed E-state index contributed by atoms with van der Waals surface area (Å²) in [6.07, 6.45) is 1.24. The van der Waals surface area contributed by atoms with Crippen LogP contribution in [-0.4, -0.2) is 12.4 Å².